The van der Waals surface area contributed by atoms with Crippen LogP contribution in [0.1, 0.15) is 9.67 Å². The van der Waals surface area contributed by atoms with Gasteiger partial charge in [0.05, 0.1) is 18.9 Å². The number of nitrogens with zero attached hydrogens (tertiary/aromatic N) is 1. The van der Waals surface area contributed by atoms with Crippen molar-refractivity contribution in [3.8, 4) is 16.3 Å². The van der Waals surface area contributed by atoms with E-state index in [0.29, 0.717) is 12.1 Å². The molecule has 2 rings (SSSR count). The fraction of sp³-hybridized carbons (Fsp3) is 0.167. The molecule has 0 atom stereocenters. The summed E-state index contributed by atoms with van der Waals surface area (Å²) in [6.07, 6.45) is 1.14. The molecule has 0 spiro atoms. The van der Waals surface area contributed by atoms with Crippen molar-refractivity contribution in [3.05, 3.63) is 34.8 Å². The van der Waals surface area contributed by atoms with Crippen LogP contribution in [0.5, 0.6) is 5.75 Å². The molecule has 0 unspecified atom stereocenters. The number of thiazole rings is 1. The van der Waals surface area contributed by atoms with Gasteiger partial charge < -0.3 is 9.47 Å². The number of alkyl halides is 2. The third-order valence-electron chi connectivity index (χ3n) is 2.36. The zero-order valence-electron chi connectivity index (χ0n) is 10.4. The summed E-state index contributed by atoms with van der Waals surface area (Å²) in [4.78, 5) is 15.2. The summed E-state index contributed by atoms with van der Waals surface area (Å²) in [5.74, 6) is -3.84. The van der Waals surface area contributed by atoms with Crippen molar-refractivity contribution in [2.75, 3.05) is 7.11 Å². The molecular formula is C12H7F4NO3S. The molecule has 1 aromatic heterocycles. The number of ether oxygens (including phenoxy) is 2. The van der Waals surface area contributed by atoms with Gasteiger partial charge in [-0.05, 0) is 6.07 Å². The number of rotatable bonds is 4. The van der Waals surface area contributed by atoms with E-state index < -0.39 is 30.0 Å². The van der Waals surface area contributed by atoms with Gasteiger partial charge in [-0.2, -0.15) is 8.78 Å². The highest BCUT2D eigenvalue weighted by molar-refractivity contribution is 7.16. The standard InChI is InChI=1S/C12H7F4NO3S/c1-19-11(18)9-4-17-10(21-9)5-2-6(13)7(14)3-8(5)20-12(15)16/h2-4,12H,1H3. The first-order valence-electron chi connectivity index (χ1n) is 5.40. The predicted molar refractivity (Wildman–Crippen MR) is 65.4 cm³/mol. The van der Waals surface area contributed by atoms with Crippen molar-refractivity contribution < 1.29 is 31.8 Å². The van der Waals surface area contributed by atoms with E-state index in [-0.39, 0.29) is 15.4 Å². The van der Waals surface area contributed by atoms with Gasteiger partial charge in [-0.3, -0.25) is 0 Å². The van der Waals surface area contributed by atoms with Crippen molar-refractivity contribution in [1.29, 1.82) is 0 Å². The summed E-state index contributed by atoms with van der Waals surface area (Å²) in [6, 6.07) is 1.17. The Balaban J connectivity index is 2.48. The van der Waals surface area contributed by atoms with Gasteiger partial charge in [-0.25, -0.2) is 18.6 Å². The van der Waals surface area contributed by atoms with E-state index in [2.05, 4.69) is 14.5 Å². The average molecular weight is 321 g/mol. The highest BCUT2D eigenvalue weighted by atomic mass is 32.1. The SMILES string of the molecule is COC(=O)c1cnc(-c2cc(F)c(F)cc2OC(F)F)s1. The molecular weight excluding hydrogens is 314 g/mol. The summed E-state index contributed by atoms with van der Waals surface area (Å²) >= 11 is 0.775. The number of hydrogen-bond acceptors (Lipinski definition) is 5. The molecule has 0 saturated carbocycles. The number of halogens is 4. The molecule has 21 heavy (non-hydrogen) atoms. The Morgan fingerprint density at radius 3 is 2.57 bits per heavy atom. The maximum Gasteiger partial charge on any atom is 0.387 e. The fourth-order valence-electron chi connectivity index (χ4n) is 1.48. The molecule has 0 radical (unpaired) electrons. The molecule has 0 N–H and O–H groups in total. The van der Waals surface area contributed by atoms with E-state index in [9.17, 15) is 22.4 Å². The summed E-state index contributed by atoms with van der Waals surface area (Å²) < 4.78 is 59.6. The number of aromatic nitrogens is 1. The third kappa shape index (κ3) is 3.30. The highest BCUT2D eigenvalue weighted by Crippen LogP contribution is 2.35. The van der Waals surface area contributed by atoms with Gasteiger partial charge in [0, 0.05) is 6.07 Å². The van der Waals surface area contributed by atoms with Crippen LogP contribution in [-0.4, -0.2) is 24.7 Å². The van der Waals surface area contributed by atoms with Crippen molar-refractivity contribution in [3.63, 3.8) is 0 Å². The zero-order valence-corrected chi connectivity index (χ0v) is 11.2. The molecule has 0 amide bonds. The van der Waals surface area contributed by atoms with E-state index in [1.165, 1.54) is 0 Å². The monoisotopic (exact) mass is 321 g/mol. The summed E-state index contributed by atoms with van der Waals surface area (Å²) in [5, 5.41) is 0.0185. The minimum Gasteiger partial charge on any atom is -0.465 e. The number of esters is 1. The van der Waals surface area contributed by atoms with Gasteiger partial charge in [0.15, 0.2) is 11.6 Å². The van der Waals surface area contributed by atoms with Gasteiger partial charge in [-0.1, -0.05) is 0 Å². The molecule has 0 aliphatic rings. The molecule has 9 heteroatoms. The van der Waals surface area contributed by atoms with E-state index >= 15 is 0 Å². The minimum absolute atomic E-state index is 0.0185. The Hall–Kier alpha value is -2.16. The van der Waals surface area contributed by atoms with Gasteiger partial charge >= 0.3 is 12.6 Å². The molecule has 0 bridgehead atoms. The Morgan fingerprint density at radius 1 is 1.29 bits per heavy atom. The van der Waals surface area contributed by atoms with Crippen LogP contribution in [0, 0.1) is 11.6 Å². The topological polar surface area (TPSA) is 48.4 Å². The Morgan fingerprint density at radius 2 is 1.95 bits per heavy atom. The lowest BCUT2D eigenvalue weighted by Gasteiger charge is -2.09. The van der Waals surface area contributed by atoms with Gasteiger partial charge in [-0.15, -0.1) is 11.3 Å². The summed E-state index contributed by atoms with van der Waals surface area (Å²) in [6.45, 7) is -3.21. The van der Waals surface area contributed by atoms with Crippen LogP contribution in [0.15, 0.2) is 18.3 Å². The second-order valence-corrected chi connectivity index (χ2v) is 4.69. The van der Waals surface area contributed by atoms with Crippen molar-refractivity contribution in [1.82, 2.24) is 4.98 Å². The van der Waals surface area contributed by atoms with Gasteiger partial charge in [0.25, 0.3) is 0 Å². The molecule has 0 aliphatic heterocycles. The van der Waals surface area contributed by atoms with Crippen LogP contribution in [0.2, 0.25) is 0 Å². The fourth-order valence-corrected chi connectivity index (χ4v) is 2.34. The van der Waals surface area contributed by atoms with Crippen LogP contribution >= 0.6 is 11.3 Å². The molecule has 1 heterocycles. The third-order valence-corrected chi connectivity index (χ3v) is 3.37. The van der Waals surface area contributed by atoms with Crippen LogP contribution in [-0.2, 0) is 4.74 Å². The van der Waals surface area contributed by atoms with Gasteiger partial charge in [0.2, 0.25) is 0 Å². The molecule has 2 aromatic rings. The highest BCUT2D eigenvalue weighted by Gasteiger charge is 2.20. The van der Waals surface area contributed by atoms with Crippen LogP contribution in [0.4, 0.5) is 17.6 Å². The minimum atomic E-state index is -3.21. The van der Waals surface area contributed by atoms with Crippen molar-refractivity contribution in [2.45, 2.75) is 6.61 Å². The second kappa shape index (κ2) is 6.08. The predicted octanol–water partition coefficient (Wildman–Crippen LogP) is 3.48. The lowest BCUT2D eigenvalue weighted by molar-refractivity contribution is -0.0496. The lowest BCUT2D eigenvalue weighted by Crippen LogP contribution is -2.04. The summed E-state index contributed by atoms with van der Waals surface area (Å²) in [5.41, 5.74) is -0.186. The quantitative estimate of drug-likeness (QED) is 0.639. The van der Waals surface area contributed by atoms with Crippen LogP contribution < -0.4 is 4.74 Å². The Bertz CT molecular complexity index is 675. The second-order valence-electron chi connectivity index (χ2n) is 3.66. The Kier molecular flexibility index (Phi) is 4.41. The molecule has 0 saturated heterocycles. The normalized spacial score (nSPS) is 10.8. The Labute approximate surface area is 119 Å². The van der Waals surface area contributed by atoms with E-state index in [0.717, 1.165) is 24.6 Å². The van der Waals surface area contributed by atoms with E-state index in [1.807, 2.05) is 0 Å². The number of methoxy groups -OCH3 is 1. The largest absolute Gasteiger partial charge is 0.465 e. The lowest BCUT2D eigenvalue weighted by atomic mass is 10.2. The first-order valence-corrected chi connectivity index (χ1v) is 6.22. The van der Waals surface area contributed by atoms with E-state index in [4.69, 9.17) is 0 Å². The van der Waals surface area contributed by atoms with Crippen LogP contribution in [0.3, 0.4) is 0 Å². The smallest absolute Gasteiger partial charge is 0.387 e. The number of hydrogen-bond donors (Lipinski definition) is 0. The number of carbonyl (C=O) groups is 1. The molecule has 112 valence electrons. The first-order chi connectivity index (χ1) is 9.92. The number of benzene rings is 1. The maximum atomic E-state index is 13.3. The molecule has 0 aliphatic carbocycles. The zero-order chi connectivity index (χ0) is 15.6. The molecule has 4 nitrogen and oxygen atoms in total. The van der Waals surface area contributed by atoms with Crippen LogP contribution in [0.25, 0.3) is 10.6 Å². The van der Waals surface area contributed by atoms with Crippen molar-refractivity contribution >= 4 is 17.3 Å². The average Bonchev–Trinajstić information content (AvgIpc) is 2.90. The van der Waals surface area contributed by atoms with E-state index in [1.54, 1.807) is 0 Å². The molecule has 1 aromatic carbocycles. The molecule has 0 fully saturated rings. The first kappa shape index (κ1) is 15.2. The van der Waals surface area contributed by atoms with Gasteiger partial charge in [0.1, 0.15) is 15.6 Å². The van der Waals surface area contributed by atoms with Crippen molar-refractivity contribution in [2.24, 2.45) is 0 Å². The number of carbonyl (C=O) groups excluding carboxylic acids is 1. The maximum absolute atomic E-state index is 13.3. The summed E-state index contributed by atoms with van der Waals surface area (Å²) in [7, 11) is 1.16.